The maximum atomic E-state index is 12.4. The van der Waals surface area contributed by atoms with Crippen LogP contribution < -0.4 is 15.5 Å². The van der Waals surface area contributed by atoms with Gasteiger partial charge in [-0.15, -0.1) is 0 Å². The van der Waals surface area contributed by atoms with Gasteiger partial charge in [-0.25, -0.2) is 4.79 Å². The zero-order valence-electron chi connectivity index (χ0n) is 14.6. The number of urea groups is 1. The molecule has 3 aromatic rings. The molecule has 1 saturated heterocycles. The molecule has 3 heterocycles. The van der Waals surface area contributed by atoms with Crippen molar-refractivity contribution in [3.05, 3.63) is 54.8 Å². The summed E-state index contributed by atoms with van der Waals surface area (Å²) in [5, 5.41) is 10.3. The maximum absolute atomic E-state index is 12.4. The number of nitrogens with zero attached hydrogens (tertiary/aromatic N) is 3. The highest BCUT2D eigenvalue weighted by molar-refractivity contribution is 5.89. The first-order valence-electron chi connectivity index (χ1n) is 8.64. The van der Waals surface area contributed by atoms with Crippen LogP contribution in [0.5, 0.6) is 0 Å². The number of anilines is 2. The number of hydrogen-bond donors (Lipinski definition) is 2. The van der Waals surface area contributed by atoms with E-state index in [9.17, 15) is 4.79 Å². The lowest BCUT2D eigenvalue weighted by atomic mass is 10.3. The molecule has 1 aromatic carbocycles. The van der Waals surface area contributed by atoms with E-state index in [1.165, 1.54) is 5.69 Å². The third-order valence-corrected chi connectivity index (χ3v) is 4.54. The highest BCUT2D eigenvalue weighted by atomic mass is 16.3. The molecule has 26 heavy (non-hydrogen) atoms. The lowest BCUT2D eigenvalue weighted by molar-refractivity contribution is 0.249. The van der Waals surface area contributed by atoms with Gasteiger partial charge in [-0.3, -0.25) is 10.00 Å². The molecule has 1 atom stereocenters. The van der Waals surface area contributed by atoms with Gasteiger partial charge in [0.05, 0.1) is 6.26 Å². The Labute approximate surface area is 151 Å². The van der Waals surface area contributed by atoms with Crippen LogP contribution in [0, 0.1) is 0 Å². The van der Waals surface area contributed by atoms with Gasteiger partial charge in [0.15, 0.2) is 5.76 Å². The van der Waals surface area contributed by atoms with Gasteiger partial charge in [-0.2, -0.15) is 5.10 Å². The molecule has 134 valence electrons. The molecule has 1 unspecified atom stereocenters. The van der Waals surface area contributed by atoms with Gasteiger partial charge in [0.2, 0.25) is 0 Å². The summed E-state index contributed by atoms with van der Waals surface area (Å²) in [6.45, 7) is 1.74. The number of para-hydroxylation sites is 1. The van der Waals surface area contributed by atoms with Gasteiger partial charge in [0.1, 0.15) is 11.5 Å². The SMILES string of the molecule is Cn1nc(-c2ccco2)cc1NC(=O)NC1CCN(c2ccccc2)C1. The number of carbonyl (C=O) groups excluding carboxylic acids is 1. The van der Waals surface area contributed by atoms with Crippen LogP contribution >= 0.6 is 0 Å². The average Bonchev–Trinajstić information content (AvgIpc) is 3.38. The smallest absolute Gasteiger partial charge is 0.320 e. The van der Waals surface area contributed by atoms with Crippen molar-refractivity contribution in [3.8, 4) is 11.5 Å². The number of carbonyl (C=O) groups is 1. The summed E-state index contributed by atoms with van der Waals surface area (Å²) in [6.07, 6.45) is 2.52. The second kappa shape index (κ2) is 6.95. The molecule has 4 rings (SSSR count). The van der Waals surface area contributed by atoms with Crippen molar-refractivity contribution >= 4 is 17.5 Å². The fourth-order valence-corrected chi connectivity index (χ4v) is 3.22. The molecule has 0 radical (unpaired) electrons. The Bertz CT molecular complexity index is 873. The van der Waals surface area contributed by atoms with Crippen LogP contribution in [0.3, 0.4) is 0 Å². The number of aryl methyl sites for hydroxylation is 1. The van der Waals surface area contributed by atoms with Gasteiger partial charge in [0, 0.05) is 37.9 Å². The zero-order valence-corrected chi connectivity index (χ0v) is 14.6. The average molecular weight is 351 g/mol. The Morgan fingerprint density at radius 2 is 2.08 bits per heavy atom. The van der Waals surface area contributed by atoms with E-state index in [-0.39, 0.29) is 12.1 Å². The summed E-state index contributed by atoms with van der Waals surface area (Å²) in [7, 11) is 1.79. The fourth-order valence-electron chi connectivity index (χ4n) is 3.22. The molecule has 2 aromatic heterocycles. The molecule has 0 saturated carbocycles. The third-order valence-electron chi connectivity index (χ3n) is 4.54. The van der Waals surface area contributed by atoms with Crippen LogP contribution in [0.4, 0.5) is 16.3 Å². The van der Waals surface area contributed by atoms with E-state index in [1.54, 1.807) is 24.1 Å². The summed E-state index contributed by atoms with van der Waals surface area (Å²) < 4.78 is 6.97. The minimum Gasteiger partial charge on any atom is -0.463 e. The second-order valence-corrected chi connectivity index (χ2v) is 6.38. The number of rotatable bonds is 4. The van der Waals surface area contributed by atoms with E-state index < -0.39 is 0 Å². The van der Waals surface area contributed by atoms with Gasteiger partial charge < -0.3 is 14.6 Å². The molecule has 0 aliphatic carbocycles. The number of benzene rings is 1. The first-order valence-corrected chi connectivity index (χ1v) is 8.64. The minimum atomic E-state index is -0.223. The van der Waals surface area contributed by atoms with E-state index in [0.29, 0.717) is 17.3 Å². The molecule has 1 fully saturated rings. The first-order chi connectivity index (χ1) is 12.7. The minimum absolute atomic E-state index is 0.118. The van der Waals surface area contributed by atoms with E-state index in [0.717, 1.165) is 19.5 Å². The number of nitrogens with one attached hydrogen (secondary N) is 2. The number of aromatic nitrogens is 2. The van der Waals surface area contributed by atoms with Crippen LogP contribution in [0.15, 0.2) is 59.2 Å². The lowest BCUT2D eigenvalue weighted by Gasteiger charge is -2.19. The Kier molecular flexibility index (Phi) is 4.35. The number of furan rings is 1. The molecular formula is C19H21N5O2. The fraction of sp³-hybridized carbons (Fsp3) is 0.263. The largest absolute Gasteiger partial charge is 0.463 e. The molecule has 7 nitrogen and oxygen atoms in total. The molecule has 1 aliphatic rings. The number of amides is 2. The van der Waals surface area contributed by atoms with E-state index in [2.05, 4.69) is 32.8 Å². The first kappa shape index (κ1) is 16.3. The lowest BCUT2D eigenvalue weighted by Crippen LogP contribution is -2.40. The van der Waals surface area contributed by atoms with Crippen molar-refractivity contribution in [2.24, 2.45) is 7.05 Å². The zero-order chi connectivity index (χ0) is 17.9. The Morgan fingerprint density at radius 1 is 1.23 bits per heavy atom. The highest BCUT2D eigenvalue weighted by Gasteiger charge is 2.24. The van der Waals surface area contributed by atoms with Gasteiger partial charge >= 0.3 is 6.03 Å². The summed E-state index contributed by atoms with van der Waals surface area (Å²) in [5.74, 6) is 1.29. The van der Waals surface area contributed by atoms with Crippen molar-refractivity contribution in [2.45, 2.75) is 12.5 Å². The maximum Gasteiger partial charge on any atom is 0.320 e. The molecule has 2 N–H and O–H groups in total. The van der Waals surface area contributed by atoms with Crippen LogP contribution in [-0.4, -0.2) is 34.9 Å². The molecule has 7 heteroatoms. The Hall–Kier alpha value is -3.22. The summed E-state index contributed by atoms with van der Waals surface area (Å²) >= 11 is 0. The van der Waals surface area contributed by atoms with Crippen molar-refractivity contribution in [1.82, 2.24) is 15.1 Å². The molecule has 1 aliphatic heterocycles. The summed E-state index contributed by atoms with van der Waals surface area (Å²) in [5.41, 5.74) is 1.87. The van der Waals surface area contributed by atoms with Gasteiger partial charge in [-0.05, 0) is 30.7 Å². The summed E-state index contributed by atoms with van der Waals surface area (Å²) in [6, 6.07) is 15.6. The Balaban J connectivity index is 1.35. The molecular weight excluding hydrogens is 330 g/mol. The standard InChI is InChI=1S/C19H21N5O2/c1-23-18(12-16(22-23)17-8-5-11-26-17)21-19(25)20-14-9-10-24(13-14)15-6-3-2-4-7-15/h2-8,11-12,14H,9-10,13H2,1H3,(H2,20,21,25). The predicted octanol–water partition coefficient (Wildman–Crippen LogP) is 3.08. The number of hydrogen-bond acceptors (Lipinski definition) is 4. The van der Waals surface area contributed by atoms with E-state index in [4.69, 9.17) is 4.42 Å². The predicted molar refractivity (Wildman–Crippen MR) is 100 cm³/mol. The monoisotopic (exact) mass is 351 g/mol. The van der Waals surface area contributed by atoms with Crippen LogP contribution in [0.2, 0.25) is 0 Å². The van der Waals surface area contributed by atoms with Crippen molar-refractivity contribution < 1.29 is 9.21 Å². The van der Waals surface area contributed by atoms with Crippen molar-refractivity contribution in [1.29, 1.82) is 0 Å². The topological polar surface area (TPSA) is 75.3 Å². The molecule has 2 amide bonds. The third kappa shape index (κ3) is 3.42. The quantitative estimate of drug-likeness (QED) is 0.757. The van der Waals surface area contributed by atoms with E-state index >= 15 is 0 Å². The molecule has 0 bridgehead atoms. The van der Waals surface area contributed by atoms with Gasteiger partial charge in [0.25, 0.3) is 0 Å². The second-order valence-electron chi connectivity index (χ2n) is 6.38. The normalized spacial score (nSPS) is 16.7. The molecule has 0 spiro atoms. The van der Waals surface area contributed by atoms with Crippen LogP contribution in [0.1, 0.15) is 6.42 Å². The summed E-state index contributed by atoms with van der Waals surface area (Å²) in [4.78, 5) is 14.6. The van der Waals surface area contributed by atoms with Crippen molar-refractivity contribution in [2.75, 3.05) is 23.3 Å². The van der Waals surface area contributed by atoms with Crippen LogP contribution in [0.25, 0.3) is 11.5 Å². The van der Waals surface area contributed by atoms with E-state index in [1.807, 2.05) is 30.3 Å². The Morgan fingerprint density at radius 3 is 2.85 bits per heavy atom. The highest BCUT2D eigenvalue weighted by Crippen LogP contribution is 2.22. The van der Waals surface area contributed by atoms with Crippen molar-refractivity contribution in [3.63, 3.8) is 0 Å². The van der Waals surface area contributed by atoms with Gasteiger partial charge in [-0.1, -0.05) is 18.2 Å². The van der Waals surface area contributed by atoms with Crippen LogP contribution in [-0.2, 0) is 7.05 Å².